The van der Waals surface area contributed by atoms with Crippen molar-refractivity contribution in [3.63, 3.8) is 0 Å². The van der Waals surface area contributed by atoms with Crippen molar-refractivity contribution >= 4 is 27.1 Å². The van der Waals surface area contributed by atoms with Gasteiger partial charge in [-0.05, 0) is 55.6 Å². The molecule has 1 aliphatic rings. The molecule has 0 amide bonds. The highest BCUT2D eigenvalue weighted by molar-refractivity contribution is 7.91. The largest absolute Gasteiger partial charge is 0.318 e. The van der Waals surface area contributed by atoms with Gasteiger partial charge in [0.15, 0.2) is 5.78 Å². The number of thiophene rings is 1. The molecule has 0 N–H and O–H groups in total. The Labute approximate surface area is 185 Å². The number of rotatable bonds is 6. The maximum atomic E-state index is 13.3. The molecule has 31 heavy (non-hydrogen) atoms. The number of Topliss-reactive ketones (excluding diaryl/α,β-unsaturated/α-hetero) is 1. The van der Waals surface area contributed by atoms with E-state index >= 15 is 0 Å². The minimum Gasteiger partial charge on any atom is -0.318 e. The van der Waals surface area contributed by atoms with Crippen LogP contribution in [-0.4, -0.2) is 60.7 Å². The molecule has 4 rings (SSSR count). The van der Waals surface area contributed by atoms with Crippen molar-refractivity contribution in [1.82, 2.24) is 13.8 Å². The molecule has 0 aliphatic carbocycles. The fraction of sp³-hybridized carbons (Fsp3) is 0.318. The Bertz CT molecular complexity index is 1180. The molecular formula is C22H24FN3O3S2. The molecule has 1 aliphatic heterocycles. The summed E-state index contributed by atoms with van der Waals surface area (Å²) < 4.78 is 42.4. The third-order valence-corrected chi connectivity index (χ3v) is 8.88. The average Bonchev–Trinajstić information content (AvgIpc) is 3.38. The van der Waals surface area contributed by atoms with Gasteiger partial charge in [-0.2, -0.15) is 4.31 Å². The quantitative estimate of drug-likeness (QED) is 0.528. The number of aromatic nitrogens is 1. The van der Waals surface area contributed by atoms with E-state index in [2.05, 4.69) is 0 Å². The maximum absolute atomic E-state index is 13.3. The molecule has 1 saturated heterocycles. The van der Waals surface area contributed by atoms with Crippen LogP contribution in [0, 0.1) is 19.7 Å². The van der Waals surface area contributed by atoms with Crippen molar-refractivity contribution in [3.05, 3.63) is 70.6 Å². The van der Waals surface area contributed by atoms with Crippen LogP contribution in [0.4, 0.5) is 4.39 Å². The molecular weight excluding hydrogens is 437 g/mol. The lowest BCUT2D eigenvalue weighted by Crippen LogP contribution is -2.49. The van der Waals surface area contributed by atoms with Crippen molar-refractivity contribution in [2.75, 3.05) is 32.7 Å². The summed E-state index contributed by atoms with van der Waals surface area (Å²) >= 11 is 1.22. The van der Waals surface area contributed by atoms with Gasteiger partial charge < -0.3 is 4.57 Å². The minimum absolute atomic E-state index is 0.00368. The molecule has 9 heteroatoms. The highest BCUT2D eigenvalue weighted by Gasteiger charge is 2.30. The van der Waals surface area contributed by atoms with Crippen molar-refractivity contribution in [1.29, 1.82) is 0 Å². The minimum atomic E-state index is -3.46. The van der Waals surface area contributed by atoms with E-state index < -0.39 is 10.0 Å². The maximum Gasteiger partial charge on any atom is 0.252 e. The number of ketones is 1. The van der Waals surface area contributed by atoms with Crippen LogP contribution >= 0.6 is 11.3 Å². The summed E-state index contributed by atoms with van der Waals surface area (Å²) in [5, 5.41) is 1.75. The standard InChI is InChI=1S/C22H24FN3O3S2/c1-16-14-20(17(2)26(16)19-7-5-18(23)6-8-19)21(27)15-24-9-11-25(12-10-24)31(28,29)22-4-3-13-30-22/h3-8,13-14H,9-12,15H2,1-2H3. The SMILES string of the molecule is Cc1cc(C(=O)CN2CCN(S(=O)(=O)c3cccs3)CC2)c(C)n1-c1ccc(F)cc1. The zero-order valence-electron chi connectivity index (χ0n) is 17.4. The topological polar surface area (TPSA) is 62.6 Å². The van der Waals surface area contributed by atoms with Crippen LogP contribution in [0.1, 0.15) is 21.7 Å². The lowest BCUT2D eigenvalue weighted by Gasteiger charge is -2.33. The normalized spacial score (nSPS) is 16.0. The van der Waals surface area contributed by atoms with Gasteiger partial charge in [0.2, 0.25) is 0 Å². The first-order chi connectivity index (χ1) is 14.8. The van der Waals surface area contributed by atoms with Crippen molar-refractivity contribution in [2.45, 2.75) is 18.1 Å². The van der Waals surface area contributed by atoms with Crippen LogP contribution < -0.4 is 0 Å². The summed E-state index contributed by atoms with van der Waals surface area (Å²) in [6, 6.07) is 11.4. The number of piperazine rings is 1. The molecule has 0 bridgehead atoms. The predicted molar refractivity (Wildman–Crippen MR) is 119 cm³/mol. The van der Waals surface area contributed by atoms with Gasteiger partial charge in [-0.15, -0.1) is 11.3 Å². The van der Waals surface area contributed by atoms with Crippen molar-refractivity contribution in [3.8, 4) is 5.69 Å². The predicted octanol–water partition coefficient (Wildman–Crippen LogP) is 3.48. The van der Waals surface area contributed by atoms with Crippen LogP contribution in [0.5, 0.6) is 0 Å². The Morgan fingerprint density at radius 2 is 1.74 bits per heavy atom. The van der Waals surface area contributed by atoms with Gasteiger partial charge in [-0.25, -0.2) is 12.8 Å². The fourth-order valence-electron chi connectivity index (χ4n) is 3.99. The van der Waals surface area contributed by atoms with Gasteiger partial charge in [0.05, 0.1) is 6.54 Å². The summed E-state index contributed by atoms with van der Waals surface area (Å²) in [6.45, 7) is 5.78. The van der Waals surface area contributed by atoms with Crippen molar-refractivity contribution in [2.24, 2.45) is 0 Å². The lowest BCUT2D eigenvalue weighted by molar-refractivity contribution is 0.0901. The second kappa shape index (κ2) is 8.66. The monoisotopic (exact) mass is 461 g/mol. The molecule has 0 unspecified atom stereocenters. The molecule has 164 valence electrons. The molecule has 1 fully saturated rings. The van der Waals surface area contributed by atoms with Crippen LogP contribution in [0.15, 0.2) is 52.1 Å². The van der Waals surface area contributed by atoms with Gasteiger partial charge in [-0.1, -0.05) is 6.07 Å². The zero-order chi connectivity index (χ0) is 22.2. The van der Waals surface area contributed by atoms with E-state index in [1.54, 1.807) is 29.6 Å². The third kappa shape index (κ3) is 4.36. The van der Waals surface area contributed by atoms with Gasteiger partial charge in [0.1, 0.15) is 10.0 Å². The molecule has 0 atom stereocenters. The van der Waals surface area contributed by atoms with E-state index in [0.29, 0.717) is 36.0 Å². The molecule has 6 nitrogen and oxygen atoms in total. The molecule has 1 aromatic carbocycles. The van der Waals surface area contributed by atoms with Gasteiger partial charge in [-0.3, -0.25) is 9.69 Å². The van der Waals surface area contributed by atoms with Crippen LogP contribution in [-0.2, 0) is 10.0 Å². The number of nitrogens with zero attached hydrogens (tertiary/aromatic N) is 3. The van der Waals surface area contributed by atoms with Crippen LogP contribution in [0.2, 0.25) is 0 Å². The molecule has 3 aromatic rings. The Morgan fingerprint density at radius 1 is 1.06 bits per heavy atom. The average molecular weight is 462 g/mol. The zero-order valence-corrected chi connectivity index (χ0v) is 19.0. The van der Waals surface area contributed by atoms with E-state index in [0.717, 1.165) is 17.1 Å². The van der Waals surface area contributed by atoms with Gasteiger partial charge >= 0.3 is 0 Å². The molecule has 3 heterocycles. The van der Waals surface area contributed by atoms with E-state index in [1.807, 2.05) is 29.4 Å². The summed E-state index contributed by atoms with van der Waals surface area (Å²) in [7, 11) is -3.46. The van der Waals surface area contributed by atoms with Crippen LogP contribution in [0.3, 0.4) is 0 Å². The highest BCUT2D eigenvalue weighted by atomic mass is 32.2. The fourth-order valence-corrected chi connectivity index (χ4v) is 6.55. The second-order valence-corrected chi connectivity index (χ2v) is 10.7. The Hall–Kier alpha value is -2.33. The lowest BCUT2D eigenvalue weighted by atomic mass is 10.1. The highest BCUT2D eigenvalue weighted by Crippen LogP contribution is 2.24. The Balaban J connectivity index is 1.43. The number of hydrogen-bond acceptors (Lipinski definition) is 5. The van der Waals surface area contributed by atoms with E-state index in [4.69, 9.17) is 0 Å². The number of halogens is 1. The van der Waals surface area contributed by atoms with E-state index in [-0.39, 0.29) is 18.1 Å². The Morgan fingerprint density at radius 3 is 2.35 bits per heavy atom. The first-order valence-corrected chi connectivity index (χ1v) is 12.3. The number of aryl methyl sites for hydroxylation is 1. The van der Waals surface area contributed by atoms with Crippen molar-refractivity contribution < 1.29 is 17.6 Å². The molecule has 0 radical (unpaired) electrons. The molecule has 2 aromatic heterocycles. The summed E-state index contributed by atoms with van der Waals surface area (Å²) in [6.07, 6.45) is 0. The van der Waals surface area contributed by atoms with Gasteiger partial charge in [0.25, 0.3) is 10.0 Å². The summed E-state index contributed by atoms with van der Waals surface area (Å²) in [5.74, 6) is -0.307. The molecule has 0 saturated carbocycles. The third-order valence-electron chi connectivity index (χ3n) is 5.60. The number of sulfonamides is 1. The number of carbonyl (C=O) groups is 1. The van der Waals surface area contributed by atoms with Gasteiger partial charge in [0, 0.05) is 48.8 Å². The van der Waals surface area contributed by atoms with E-state index in [1.165, 1.54) is 27.8 Å². The number of hydrogen-bond donors (Lipinski definition) is 0. The number of carbonyl (C=O) groups excluding carboxylic acids is 1. The Kier molecular flexibility index (Phi) is 6.11. The second-order valence-electron chi connectivity index (χ2n) is 7.63. The summed E-state index contributed by atoms with van der Waals surface area (Å²) in [4.78, 5) is 15.0. The summed E-state index contributed by atoms with van der Waals surface area (Å²) in [5.41, 5.74) is 3.16. The smallest absolute Gasteiger partial charge is 0.252 e. The first-order valence-electron chi connectivity index (χ1n) is 10.0. The van der Waals surface area contributed by atoms with Crippen LogP contribution in [0.25, 0.3) is 5.69 Å². The van der Waals surface area contributed by atoms with E-state index in [9.17, 15) is 17.6 Å². The number of benzene rings is 1. The first kappa shape index (κ1) is 21.9. The molecule has 0 spiro atoms.